The predicted octanol–water partition coefficient (Wildman–Crippen LogP) is 3.88. The molecule has 3 aromatic rings. The van der Waals surface area contributed by atoms with Crippen LogP contribution in [0.1, 0.15) is 12.5 Å². The molecule has 22 heavy (non-hydrogen) atoms. The Hall–Kier alpha value is -1.93. The van der Waals surface area contributed by atoms with Crippen molar-refractivity contribution in [2.45, 2.75) is 13.3 Å². The Bertz CT molecular complexity index is 839. The van der Waals surface area contributed by atoms with Crippen LogP contribution < -0.4 is 11.0 Å². The standard InChI is InChI=1S/C17H19FN3P/c1-4-10-8-20-17-13(10)7-11(9-21-17)12-5-6-14(18)16(15(12)19)22(2)3/h5-9H,4,19H2,1-3H3,(H,20,21). The van der Waals surface area contributed by atoms with Crippen molar-refractivity contribution in [1.82, 2.24) is 9.97 Å². The molecule has 0 spiro atoms. The molecular formula is C17H19FN3P. The van der Waals surface area contributed by atoms with Gasteiger partial charge in [0.2, 0.25) is 0 Å². The number of H-pyrrole nitrogens is 1. The van der Waals surface area contributed by atoms with E-state index in [1.54, 1.807) is 12.3 Å². The van der Waals surface area contributed by atoms with Crippen LogP contribution in [0.4, 0.5) is 10.1 Å². The van der Waals surface area contributed by atoms with Crippen molar-refractivity contribution in [2.24, 2.45) is 0 Å². The maximum Gasteiger partial charge on any atom is 0.137 e. The lowest BCUT2D eigenvalue weighted by molar-refractivity contribution is 0.637. The fourth-order valence-electron chi connectivity index (χ4n) is 2.79. The number of nitrogen functional groups attached to an aromatic ring is 1. The second kappa shape index (κ2) is 5.69. The van der Waals surface area contributed by atoms with Crippen LogP contribution in [-0.4, -0.2) is 23.3 Å². The Balaban J connectivity index is 2.21. The quantitative estimate of drug-likeness (QED) is 0.569. The number of benzene rings is 1. The summed E-state index contributed by atoms with van der Waals surface area (Å²) < 4.78 is 14.0. The molecule has 0 bridgehead atoms. The Morgan fingerprint density at radius 1 is 1.32 bits per heavy atom. The Morgan fingerprint density at radius 3 is 2.77 bits per heavy atom. The average Bonchev–Trinajstić information content (AvgIpc) is 2.89. The van der Waals surface area contributed by atoms with Crippen LogP contribution in [-0.2, 0) is 6.42 Å². The smallest absolute Gasteiger partial charge is 0.137 e. The van der Waals surface area contributed by atoms with Gasteiger partial charge < -0.3 is 10.7 Å². The molecule has 5 heteroatoms. The van der Waals surface area contributed by atoms with Gasteiger partial charge >= 0.3 is 0 Å². The van der Waals surface area contributed by atoms with Gasteiger partial charge in [-0.3, -0.25) is 0 Å². The highest BCUT2D eigenvalue weighted by molar-refractivity contribution is 7.64. The van der Waals surface area contributed by atoms with Crippen molar-refractivity contribution in [2.75, 3.05) is 19.1 Å². The monoisotopic (exact) mass is 315 g/mol. The third-order valence-corrected chi connectivity index (χ3v) is 5.27. The number of hydrogen-bond acceptors (Lipinski definition) is 2. The van der Waals surface area contributed by atoms with Crippen LogP contribution in [0.3, 0.4) is 0 Å². The molecule has 0 aliphatic heterocycles. The van der Waals surface area contributed by atoms with Gasteiger partial charge in [0.25, 0.3) is 0 Å². The highest BCUT2D eigenvalue weighted by atomic mass is 31.1. The minimum Gasteiger partial charge on any atom is -0.398 e. The van der Waals surface area contributed by atoms with Gasteiger partial charge in [-0.2, -0.15) is 0 Å². The maximum absolute atomic E-state index is 14.0. The van der Waals surface area contributed by atoms with Crippen LogP contribution >= 0.6 is 7.92 Å². The molecular weight excluding hydrogens is 296 g/mol. The first-order chi connectivity index (χ1) is 10.5. The largest absolute Gasteiger partial charge is 0.398 e. The molecule has 0 atom stereocenters. The molecule has 0 unspecified atom stereocenters. The number of aryl methyl sites for hydroxylation is 1. The molecule has 0 aliphatic rings. The van der Waals surface area contributed by atoms with Crippen LogP contribution in [0.25, 0.3) is 22.2 Å². The fraction of sp³-hybridized carbons (Fsp3) is 0.235. The average molecular weight is 315 g/mol. The number of nitrogens with one attached hydrogen (secondary N) is 1. The lowest BCUT2D eigenvalue weighted by Crippen LogP contribution is -2.13. The molecule has 2 heterocycles. The van der Waals surface area contributed by atoms with E-state index in [0.717, 1.165) is 28.6 Å². The Labute approximate surface area is 130 Å². The summed E-state index contributed by atoms with van der Waals surface area (Å²) in [4.78, 5) is 7.64. The van der Waals surface area contributed by atoms with Gasteiger partial charge in [0.15, 0.2) is 0 Å². The summed E-state index contributed by atoms with van der Waals surface area (Å²) in [7, 11) is -0.605. The normalized spacial score (nSPS) is 11.5. The second-order valence-corrected chi connectivity index (χ2v) is 7.78. The maximum atomic E-state index is 14.0. The minimum absolute atomic E-state index is 0.220. The van der Waals surface area contributed by atoms with Crippen molar-refractivity contribution >= 4 is 29.9 Å². The van der Waals surface area contributed by atoms with E-state index in [0.29, 0.717) is 11.0 Å². The first-order valence-corrected chi connectivity index (χ1v) is 9.48. The van der Waals surface area contributed by atoms with Gasteiger partial charge in [0.05, 0.1) is 5.69 Å². The number of nitrogens with two attached hydrogens (primary N) is 1. The molecule has 3 nitrogen and oxygen atoms in total. The summed E-state index contributed by atoms with van der Waals surface area (Å²) in [5, 5.41) is 1.73. The van der Waals surface area contributed by atoms with Crippen LogP contribution in [0, 0.1) is 5.82 Å². The predicted molar refractivity (Wildman–Crippen MR) is 93.7 cm³/mol. The van der Waals surface area contributed by atoms with Crippen LogP contribution in [0.5, 0.6) is 0 Å². The number of aromatic nitrogens is 2. The topological polar surface area (TPSA) is 54.7 Å². The van der Waals surface area contributed by atoms with Gasteiger partial charge in [-0.05, 0) is 43.5 Å². The summed E-state index contributed by atoms with van der Waals surface area (Å²) >= 11 is 0. The Morgan fingerprint density at radius 2 is 2.09 bits per heavy atom. The number of aromatic amines is 1. The molecule has 114 valence electrons. The van der Waals surface area contributed by atoms with Crippen molar-refractivity contribution < 1.29 is 4.39 Å². The summed E-state index contributed by atoms with van der Waals surface area (Å²) in [5.74, 6) is -0.220. The minimum atomic E-state index is -0.605. The molecule has 2 aromatic heterocycles. The van der Waals surface area contributed by atoms with Crippen molar-refractivity contribution in [1.29, 1.82) is 0 Å². The van der Waals surface area contributed by atoms with E-state index in [4.69, 9.17) is 5.73 Å². The first kappa shape index (κ1) is 15.0. The van der Waals surface area contributed by atoms with Crippen LogP contribution in [0.2, 0.25) is 0 Å². The van der Waals surface area contributed by atoms with E-state index in [1.165, 1.54) is 11.6 Å². The molecule has 0 amide bonds. The van der Waals surface area contributed by atoms with E-state index in [9.17, 15) is 4.39 Å². The number of hydrogen-bond donors (Lipinski definition) is 2. The van der Waals surface area contributed by atoms with E-state index in [1.807, 2.05) is 19.5 Å². The molecule has 0 radical (unpaired) electrons. The van der Waals surface area contributed by atoms with Gasteiger partial charge in [-0.1, -0.05) is 14.8 Å². The molecule has 3 N–H and O–H groups in total. The Kier molecular flexibility index (Phi) is 3.88. The lowest BCUT2D eigenvalue weighted by atomic mass is 10.0. The van der Waals surface area contributed by atoms with Gasteiger partial charge in [-0.25, -0.2) is 9.37 Å². The van der Waals surface area contributed by atoms with Gasteiger partial charge in [0.1, 0.15) is 11.5 Å². The zero-order chi connectivity index (χ0) is 15.9. The van der Waals surface area contributed by atoms with Gasteiger partial charge in [0, 0.05) is 34.2 Å². The number of anilines is 1. The summed E-state index contributed by atoms with van der Waals surface area (Å²) in [6, 6.07) is 5.33. The van der Waals surface area contributed by atoms with Crippen molar-refractivity contribution in [3.63, 3.8) is 0 Å². The SMILES string of the molecule is CCc1c[nH]c2ncc(-c3ccc(F)c(P(C)C)c3N)cc12. The lowest BCUT2D eigenvalue weighted by Gasteiger charge is -2.15. The zero-order valence-corrected chi connectivity index (χ0v) is 13.8. The number of fused-ring (bicyclic) bond motifs is 1. The molecule has 3 rings (SSSR count). The number of rotatable bonds is 3. The molecule has 1 aromatic carbocycles. The number of nitrogens with zero attached hydrogens (tertiary/aromatic N) is 1. The summed E-state index contributed by atoms with van der Waals surface area (Å²) in [6.07, 6.45) is 4.71. The number of pyridine rings is 1. The summed E-state index contributed by atoms with van der Waals surface area (Å²) in [6.45, 7) is 6.13. The molecule has 0 saturated heterocycles. The van der Waals surface area contributed by atoms with E-state index in [2.05, 4.69) is 23.0 Å². The molecule has 0 saturated carbocycles. The zero-order valence-electron chi connectivity index (χ0n) is 12.9. The third-order valence-electron chi connectivity index (χ3n) is 3.92. The van der Waals surface area contributed by atoms with Crippen LogP contribution in [0.15, 0.2) is 30.6 Å². The number of halogens is 1. The van der Waals surface area contributed by atoms with Gasteiger partial charge in [-0.15, -0.1) is 0 Å². The highest BCUT2D eigenvalue weighted by Gasteiger charge is 2.16. The second-order valence-electron chi connectivity index (χ2n) is 5.54. The van der Waals surface area contributed by atoms with Crippen molar-refractivity contribution in [3.8, 4) is 11.1 Å². The third kappa shape index (κ3) is 2.38. The highest BCUT2D eigenvalue weighted by Crippen LogP contribution is 2.35. The van der Waals surface area contributed by atoms with E-state index in [-0.39, 0.29) is 5.82 Å². The van der Waals surface area contributed by atoms with E-state index >= 15 is 0 Å². The molecule has 0 fully saturated rings. The molecule has 0 aliphatic carbocycles. The first-order valence-electron chi connectivity index (χ1n) is 7.24. The van der Waals surface area contributed by atoms with E-state index < -0.39 is 7.92 Å². The fourth-order valence-corrected chi connectivity index (χ4v) is 3.89. The van der Waals surface area contributed by atoms with Crippen molar-refractivity contribution in [3.05, 3.63) is 42.0 Å². The summed E-state index contributed by atoms with van der Waals surface area (Å²) in [5.41, 5.74) is 10.7.